The number of amides is 1. The largest absolute Gasteiger partial charge is 0.383 e. The summed E-state index contributed by atoms with van der Waals surface area (Å²) in [6, 6.07) is 7.50. The molecule has 2 aliphatic rings. The van der Waals surface area contributed by atoms with Gasteiger partial charge in [-0.3, -0.25) is 4.79 Å². The number of nitrogens with zero attached hydrogens (tertiary/aromatic N) is 2. The normalized spacial score (nSPS) is 23.5. The monoisotopic (exact) mass is 380 g/mol. The van der Waals surface area contributed by atoms with Crippen LogP contribution in [-0.4, -0.2) is 68.2 Å². The summed E-state index contributed by atoms with van der Waals surface area (Å²) in [5, 5.41) is 0. The van der Waals surface area contributed by atoms with E-state index in [1.165, 1.54) is 6.26 Å². The lowest BCUT2D eigenvalue weighted by atomic mass is 9.86. The molecule has 2 saturated heterocycles. The fraction of sp³-hybridized carbons (Fsp3) is 0.632. The maximum Gasteiger partial charge on any atom is 0.254 e. The second-order valence-corrected chi connectivity index (χ2v) is 9.40. The number of carbonyl (C=O) groups is 1. The molecule has 1 aromatic carbocycles. The van der Waals surface area contributed by atoms with Crippen molar-refractivity contribution in [2.24, 2.45) is 0 Å². The molecule has 1 spiro atoms. The Bertz CT molecular complexity index is 769. The molecule has 144 valence electrons. The standard InChI is InChI=1S/C19H28N2O4S/c1-15-6-4-5-7-17(15)18(22)20-12-10-19(11-13-20)9-8-16(14-25-2)21(19)26(3,23)24/h4-7,16H,8-14H2,1-3H3. The van der Waals surface area contributed by atoms with E-state index in [1.807, 2.05) is 36.1 Å². The van der Waals surface area contributed by atoms with Gasteiger partial charge in [-0.15, -0.1) is 0 Å². The Kier molecular flexibility index (Phi) is 5.42. The third kappa shape index (κ3) is 3.52. The minimum atomic E-state index is -3.33. The average Bonchev–Trinajstić information content (AvgIpc) is 2.94. The van der Waals surface area contributed by atoms with Crippen molar-refractivity contribution in [2.75, 3.05) is 33.1 Å². The van der Waals surface area contributed by atoms with Crippen LogP contribution in [0.5, 0.6) is 0 Å². The second kappa shape index (κ2) is 7.29. The van der Waals surface area contributed by atoms with Crippen LogP contribution in [0.4, 0.5) is 0 Å². The van der Waals surface area contributed by atoms with E-state index in [-0.39, 0.29) is 17.5 Å². The van der Waals surface area contributed by atoms with Crippen LogP contribution < -0.4 is 0 Å². The molecule has 1 aromatic rings. The van der Waals surface area contributed by atoms with Crippen molar-refractivity contribution in [2.45, 2.75) is 44.2 Å². The highest BCUT2D eigenvalue weighted by Gasteiger charge is 2.52. The van der Waals surface area contributed by atoms with Gasteiger partial charge in [-0.2, -0.15) is 4.31 Å². The van der Waals surface area contributed by atoms with Crippen LogP contribution in [0.3, 0.4) is 0 Å². The Labute approximate surface area is 156 Å². The van der Waals surface area contributed by atoms with Gasteiger partial charge in [0, 0.05) is 37.3 Å². The predicted molar refractivity (Wildman–Crippen MR) is 101 cm³/mol. The van der Waals surface area contributed by atoms with Crippen LogP contribution in [0, 0.1) is 6.92 Å². The lowest BCUT2D eigenvalue weighted by molar-refractivity contribution is 0.0504. The highest BCUT2D eigenvalue weighted by atomic mass is 32.2. The van der Waals surface area contributed by atoms with E-state index in [9.17, 15) is 13.2 Å². The number of aryl methyl sites for hydroxylation is 1. The van der Waals surface area contributed by atoms with Gasteiger partial charge in [0.2, 0.25) is 10.0 Å². The van der Waals surface area contributed by atoms with Gasteiger partial charge in [0.25, 0.3) is 5.91 Å². The van der Waals surface area contributed by atoms with Crippen LogP contribution in [0.1, 0.15) is 41.6 Å². The summed E-state index contributed by atoms with van der Waals surface area (Å²) < 4.78 is 31.9. The molecule has 2 fully saturated rings. The van der Waals surface area contributed by atoms with E-state index in [0.717, 1.165) is 24.0 Å². The zero-order valence-corrected chi connectivity index (χ0v) is 16.6. The first-order valence-electron chi connectivity index (χ1n) is 9.12. The average molecular weight is 381 g/mol. The summed E-state index contributed by atoms with van der Waals surface area (Å²) in [6.45, 7) is 3.52. The Hall–Kier alpha value is -1.44. The molecule has 0 radical (unpaired) electrons. The lowest BCUT2D eigenvalue weighted by Gasteiger charge is -2.45. The molecule has 2 aliphatic heterocycles. The Morgan fingerprint density at radius 3 is 2.46 bits per heavy atom. The van der Waals surface area contributed by atoms with Crippen molar-refractivity contribution in [1.29, 1.82) is 0 Å². The summed E-state index contributed by atoms with van der Waals surface area (Å²) in [4.78, 5) is 14.7. The van der Waals surface area contributed by atoms with Gasteiger partial charge in [0.1, 0.15) is 0 Å². The van der Waals surface area contributed by atoms with Gasteiger partial charge in [-0.25, -0.2) is 8.42 Å². The lowest BCUT2D eigenvalue weighted by Crippen LogP contribution is -2.57. The summed E-state index contributed by atoms with van der Waals surface area (Å²) >= 11 is 0. The van der Waals surface area contributed by atoms with Crippen molar-refractivity contribution in [3.05, 3.63) is 35.4 Å². The topological polar surface area (TPSA) is 66.9 Å². The number of methoxy groups -OCH3 is 1. The van der Waals surface area contributed by atoms with Crippen molar-refractivity contribution in [3.8, 4) is 0 Å². The first kappa shape index (κ1) is 19.3. The maximum atomic E-state index is 12.8. The zero-order valence-electron chi connectivity index (χ0n) is 15.8. The van der Waals surface area contributed by atoms with Crippen molar-refractivity contribution in [1.82, 2.24) is 9.21 Å². The smallest absolute Gasteiger partial charge is 0.254 e. The number of rotatable bonds is 4. The molecule has 1 amide bonds. The number of likely N-dealkylation sites (tertiary alicyclic amines) is 1. The number of benzene rings is 1. The van der Waals surface area contributed by atoms with E-state index < -0.39 is 10.0 Å². The number of ether oxygens (including phenoxy) is 1. The molecule has 0 saturated carbocycles. The Morgan fingerprint density at radius 2 is 1.88 bits per heavy atom. The fourth-order valence-corrected chi connectivity index (χ4v) is 6.28. The molecule has 3 rings (SSSR count). The highest BCUT2D eigenvalue weighted by Crippen LogP contribution is 2.43. The third-order valence-corrected chi connectivity index (χ3v) is 7.22. The van der Waals surface area contributed by atoms with E-state index in [2.05, 4.69) is 0 Å². The van der Waals surface area contributed by atoms with Gasteiger partial charge in [-0.1, -0.05) is 18.2 Å². The molecule has 6 nitrogen and oxygen atoms in total. The predicted octanol–water partition coefficient (Wildman–Crippen LogP) is 2.04. The molecule has 1 atom stereocenters. The first-order valence-corrected chi connectivity index (χ1v) is 11.0. The number of sulfonamides is 1. The minimum Gasteiger partial charge on any atom is -0.383 e. The molecule has 0 aromatic heterocycles. The Balaban J connectivity index is 1.76. The molecule has 0 bridgehead atoms. The van der Waals surface area contributed by atoms with Gasteiger partial charge < -0.3 is 9.64 Å². The third-order valence-electron chi connectivity index (χ3n) is 5.82. The summed E-state index contributed by atoms with van der Waals surface area (Å²) in [6.07, 6.45) is 4.29. The highest BCUT2D eigenvalue weighted by molar-refractivity contribution is 7.88. The molecular formula is C19H28N2O4S. The molecule has 26 heavy (non-hydrogen) atoms. The summed E-state index contributed by atoms with van der Waals surface area (Å²) in [7, 11) is -1.72. The summed E-state index contributed by atoms with van der Waals surface area (Å²) in [5.74, 6) is 0.0373. The minimum absolute atomic E-state index is 0.0373. The van der Waals surface area contributed by atoms with Crippen LogP contribution in [0.25, 0.3) is 0 Å². The van der Waals surface area contributed by atoms with Crippen molar-refractivity contribution >= 4 is 15.9 Å². The van der Waals surface area contributed by atoms with E-state index in [1.54, 1.807) is 11.4 Å². The van der Waals surface area contributed by atoms with Gasteiger partial charge in [0.15, 0.2) is 0 Å². The molecule has 0 N–H and O–H groups in total. The van der Waals surface area contributed by atoms with Gasteiger partial charge >= 0.3 is 0 Å². The Morgan fingerprint density at radius 1 is 1.23 bits per heavy atom. The molecular weight excluding hydrogens is 352 g/mol. The molecule has 2 heterocycles. The van der Waals surface area contributed by atoms with Crippen LogP contribution in [0.15, 0.2) is 24.3 Å². The quantitative estimate of drug-likeness (QED) is 0.802. The SMILES string of the molecule is COCC1CCC2(CCN(C(=O)c3ccccc3C)CC2)N1S(C)(=O)=O. The van der Waals surface area contributed by atoms with Crippen LogP contribution >= 0.6 is 0 Å². The van der Waals surface area contributed by atoms with E-state index in [4.69, 9.17) is 4.74 Å². The van der Waals surface area contributed by atoms with E-state index in [0.29, 0.717) is 32.5 Å². The molecule has 0 aliphatic carbocycles. The number of carbonyl (C=O) groups excluding carboxylic acids is 1. The number of hydrogen-bond acceptors (Lipinski definition) is 4. The first-order chi connectivity index (χ1) is 12.3. The maximum absolute atomic E-state index is 12.8. The van der Waals surface area contributed by atoms with Gasteiger partial charge in [-0.05, 0) is 44.2 Å². The van der Waals surface area contributed by atoms with Crippen molar-refractivity contribution in [3.63, 3.8) is 0 Å². The van der Waals surface area contributed by atoms with E-state index >= 15 is 0 Å². The molecule has 1 unspecified atom stereocenters. The number of piperidine rings is 1. The fourth-order valence-electron chi connectivity index (χ4n) is 4.60. The van der Waals surface area contributed by atoms with Crippen molar-refractivity contribution < 1.29 is 17.9 Å². The van der Waals surface area contributed by atoms with Crippen LogP contribution in [-0.2, 0) is 14.8 Å². The number of hydrogen-bond donors (Lipinski definition) is 0. The summed E-state index contributed by atoms with van der Waals surface area (Å²) in [5.41, 5.74) is 1.32. The zero-order chi connectivity index (χ0) is 18.9. The van der Waals surface area contributed by atoms with Crippen LogP contribution in [0.2, 0.25) is 0 Å². The van der Waals surface area contributed by atoms with Gasteiger partial charge in [0.05, 0.1) is 12.9 Å². The molecule has 7 heteroatoms. The second-order valence-electron chi connectivity index (χ2n) is 7.54.